The van der Waals surface area contributed by atoms with Crippen molar-refractivity contribution < 1.29 is 9.84 Å². The van der Waals surface area contributed by atoms with Gasteiger partial charge in [-0.3, -0.25) is 4.90 Å². The van der Waals surface area contributed by atoms with Gasteiger partial charge in [0, 0.05) is 30.6 Å². The van der Waals surface area contributed by atoms with Crippen LogP contribution < -0.4 is 0 Å². The Kier molecular flexibility index (Phi) is 7.36. The molecule has 0 radical (unpaired) electrons. The van der Waals surface area contributed by atoms with Gasteiger partial charge >= 0.3 is 0 Å². The van der Waals surface area contributed by atoms with Gasteiger partial charge in [-0.2, -0.15) is 0 Å². The van der Waals surface area contributed by atoms with E-state index in [2.05, 4.69) is 39.5 Å². The molecule has 0 saturated heterocycles. The van der Waals surface area contributed by atoms with Crippen molar-refractivity contribution in [2.75, 3.05) is 13.2 Å². The lowest BCUT2D eigenvalue weighted by Crippen LogP contribution is -2.41. The lowest BCUT2D eigenvalue weighted by Gasteiger charge is -2.33. The van der Waals surface area contributed by atoms with E-state index < -0.39 is 5.79 Å². The summed E-state index contributed by atoms with van der Waals surface area (Å²) in [5, 5.41) is 10.8. The zero-order chi connectivity index (χ0) is 15.9. The Labute approximate surface area is 129 Å². The predicted octanol–water partition coefficient (Wildman–Crippen LogP) is 3.77. The van der Waals surface area contributed by atoms with Crippen molar-refractivity contribution in [3.63, 3.8) is 0 Å². The van der Waals surface area contributed by atoms with Crippen LogP contribution in [0.4, 0.5) is 0 Å². The van der Waals surface area contributed by atoms with Gasteiger partial charge < -0.3 is 9.84 Å². The van der Waals surface area contributed by atoms with Gasteiger partial charge in [0.05, 0.1) is 6.61 Å². The van der Waals surface area contributed by atoms with E-state index in [1.54, 1.807) is 0 Å². The second kappa shape index (κ2) is 8.52. The summed E-state index contributed by atoms with van der Waals surface area (Å²) in [6, 6.07) is 10.6. The molecule has 0 aromatic heterocycles. The quantitative estimate of drug-likeness (QED) is 0.704. The van der Waals surface area contributed by atoms with Crippen LogP contribution in [0.5, 0.6) is 0 Å². The Hall–Kier alpha value is -0.900. The van der Waals surface area contributed by atoms with Gasteiger partial charge in [-0.05, 0) is 27.7 Å². The molecule has 1 rings (SSSR count). The Balaban J connectivity index is 2.67. The first kappa shape index (κ1) is 18.1. The van der Waals surface area contributed by atoms with E-state index in [4.69, 9.17) is 4.74 Å². The monoisotopic (exact) mass is 293 g/mol. The maximum absolute atomic E-state index is 10.8. The second-order valence-electron chi connectivity index (χ2n) is 6.17. The topological polar surface area (TPSA) is 32.7 Å². The van der Waals surface area contributed by atoms with E-state index >= 15 is 0 Å². The highest BCUT2D eigenvalue weighted by atomic mass is 16.6. The number of hydrogen-bond donors (Lipinski definition) is 1. The van der Waals surface area contributed by atoms with Crippen molar-refractivity contribution in [1.29, 1.82) is 0 Å². The lowest BCUT2D eigenvalue weighted by atomic mass is 10.0. The van der Waals surface area contributed by atoms with E-state index in [0.29, 0.717) is 25.1 Å². The molecule has 3 heteroatoms. The molecule has 0 heterocycles. The van der Waals surface area contributed by atoms with Gasteiger partial charge in [-0.25, -0.2) is 0 Å². The molecule has 1 N–H and O–H groups in total. The third-order valence-electron chi connectivity index (χ3n) is 3.83. The van der Waals surface area contributed by atoms with Crippen LogP contribution >= 0.6 is 0 Å². The molecule has 1 aromatic carbocycles. The Morgan fingerprint density at radius 3 is 2.14 bits per heavy atom. The van der Waals surface area contributed by atoms with E-state index in [-0.39, 0.29) is 0 Å². The Morgan fingerprint density at radius 2 is 1.67 bits per heavy atom. The van der Waals surface area contributed by atoms with Crippen LogP contribution in [-0.2, 0) is 10.5 Å². The van der Waals surface area contributed by atoms with E-state index in [1.807, 2.05) is 30.3 Å². The molecule has 3 nitrogen and oxygen atoms in total. The molecule has 0 bridgehead atoms. The maximum Gasteiger partial charge on any atom is 0.192 e. The van der Waals surface area contributed by atoms with Crippen molar-refractivity contribution in [3.05, 3.63) is 35.9 Å². The van der Waals surface area contributed by atoms with Gasteiger partial charge in [0.25, 0.3) is 0 Å². The average molecular weight is 293 g/mol. The minimum absolute atomic E-state index is 0.476. The molecule has 0 unspecified atom stereocenters. The lowest BCUT2D eigenvalue weighted by molar-refractivity contribution is -0.219. The molecule has 0 saturated carbocycles. The van der Waals surface area contributed by atoms with Gasteiger partial charge in [-0.1, -0.05) is 43.7 Å². The fraction of sp³-hybridized carbons (Fsp3) is 0.667. The molecule has 120 valence electrons. The van der Waals surface area contributed by atoms with Crippen LogP contribution in [0, 0.1) is 0 Å². The third kappa shape index (κ3) is 5.42. The smallest absolute Gasteiger partial charge is 0.192 e. The van der Waals surface area contributed by atoms with E-state index in [9.17, 15) is 5.11 Å². The molecule has 0 fully saturated rings. The van der Waals surface area contributed by atoms with Gasteiger partial charge in [0.1, 0.15) is 0 Å². The standard InChI is InChI=1S/C18H31NO2/c1-6-12-18(20,17-10-8-7-9-11-17)21-14-13-19(15(2)3)16(4)5/h7-11,15-16,20H,6,12-14H2,1-5H3/t18-/m1/s1. The molecule has 0 aliphatic rings. The zero-order valence-corrected chi connectivity index (χ0v) is 14.2. The SMILES string of the molecule is CCC[C@@](O)(OCCN(C(C)C)C(C)C)c1ccccc1. The van der Waals surface area contributed by atoms with Crippen molar-refractivity contribution in [1.82, 2.24) is 4.90 Å². The number of nitrogens with zero attached hydrogens (tertiary/aromatic N) is 1. The Morgan fingerprint density at radius 1 is 1.10 bits per heavy atom. The molecule has 0 aliphatic carbocycles. The number of rotatable bonds is 9. The zero-order valence-electron chi connectivity index (χ0n) is 14.2. The highest BCUT2D eigenvalue weighted by molar-refractivity contribution is 5.19. The Bertz CT molecular complexity index is 383. The summed E-state index contributed by atoms with van der Waals surface area (Å²) in [7, 11) is 0. The van der Waals surface area contributed by atoms with Gasteiger partial charge in [0.15, 0.2) is 5.79 Å². The van der Waals surface area contributed by atoms with Crippen molar-refractivity contribution in [3.8, 4) is 0 Å². The summed E-state index contributed by atoms with van der Waals surface area (Å²) in [4.78, 5) is 2.37. The van der Waals surface area contributed by atoms with Crippen LogP contribution in [0.25, 0.3) is 0 Å². The number of ether oxygens (including phenoxy) is 1. The molecule has 1 aromatic rings. The van der Waals surface area contributed by atoms with Gasteiger partial charge in [-0.15, -0.1) is 0 Å². The first-order chi connectivity index (χ1) is 9.90. The van der Waals surface area contributed by atoms with E-state index in [0.717, 1.165) is 18.5 Å². The summed E-state index contributed by atoms with van der Waals surface area (Å²) >= 11 is 0. The maximum atomic E-state index is 10.8. The van der Waals surface area contributed by atoms with Gasteiger partial charge in [0.2, 0.25) is 0 Å². The highest BCUT2D eigenvalue weighted by Gasteiger charge is 2.29. The normalized spacial score (nSPS) is 14.9. The van der Waals surface area contributed by atoms with Crippen LogP contribution in [0.2, 0.25) is 0 Å². The van der Waals surface area contributed by atoms with Crippen LogP contribution in [0.3, 0.4) is 0 Å². The summed E-state index contributed by atoms with van der Waals surface area (Å²) < 4.78 is 5.90. The molecule has 0 spiro atoms. The van der Waals surface area contributed by atoms with Crippen LogP contribution in [0.15, 0.2) is 30.3 Å². The van der Waals surface area contributed by atoms with Crippen molar-refractivity contribution in [2.24, 2.45) is 0 Å². The predicted molar refractivity (Wildman–Crippen MR) is 88.2 cm³/mol. The summed E-state index contributed by atoms with van der Waals surface area (Å²) in [6.45, 7) is 12.2. The number of hydrogen-bond acceptors (Lipinski definition) is 3. The third-order valence-corrected chi connectivity index (χ3v) is 3.83. The molecular formula is C18H31NO2. The summed E-state index contributed by atoms with van der Waals surface area (Å²) in [5.74, 6) is -1.17. The second-order valence-corrected chi connectivity index (χ2v) is 6.17. The van der Waals surface area contributed by atoms with E-state index in [1.165, 1.54) is 0 Å². The minimum Gasteiger partial charge on any atom is -0.362 e. The van der Waals surface area contributed by atoms with Crippen LogP contribution in [-0.4, -0.2) is 35.2 Å². The van der Waals surface area contributed by atoms with Crippen LogP contribution in [0.1, 0.15) is 53.0 Å². The first-order valence-corrected chi connectivity index (χ1v) is 8.08. The van der Waals surface area contributed by atoms with Crippen molar-refractivity contribution >= 4 is 0 Å². The minimum atomic E-state index is -1.17. The molecular weight excluding hydrogens is 262 g/mol. The summed E-state index contributed by atoms with van der Waals surface area (Å²) in [6.07, 6.45) is 1.49. The molecule has 21 heavy (non-hydrogen) atoms. The fourth-order valence-corrected chi connectivity index (χ4v) is 2.77. The van der Waals surface area contributed by atoms with Crippen molar-refractivity contribution in [2.45, 2.75) is 65.3 Å². The fourth-order valence-electron chi connectivity index (χ4n) is 2.77. The number of benzene rings is 1. The first-order valence-electron chi connectivity index (χ1n) is 8.08. The number of aliphatic hydroxyl groups is 1. The summed E-state index contributed by atoms with van der Waals surface area (Å²) in [5.41, 5.74) is 0.840. The molecule has 0 aliphatic heterocycles. The molecule has 1 atom stereocenters. The highest BCUT2D eigenvalue weighted by Crippen LogP contribution is 2.27. The average Bonchev–Trinajstić information content (AvgIpc) is 2.44. The largest absolute Gasteiger partial charge is 0.362 e. The molecule has 0 amide bonds.